The molecule has 1 fully saturated rings. The largest absolute Gasteiger partial charge is 0.493 e. The number of para-hydroxylation sites is 1. The number of carbonyl (C=O) groups excluding carboxylic acids is 1. The number of hydrogen-bond acceptors (Lipinski definition) is 3. The van der Waals surface area contributed by atoms with Gasteiger partial charge in [0.25, 0.3) is 5.91 Å². The highest BCUT2D eigenvalue weighted by Gasteiger charge is 2.30. The van der Waals surface area contributed by atoms with Crippen LogP contribution in [0.5, 0.6) is 5.75 Å². The molecule has 1 amide bonds. The van der Waals surface area contributed by atoms with E-state index in [2.05, 4.69) is 18.2 Å². The molecule has 0 radical (unpaired) electrons. The van der Waals surface area contributed by atoms with Gasteiger partial charge < -0.3 is 14.1 Å². The molecule has 1 saturated heterocycles. The van der Waals surface area contributed by atoms with Gasteiger partial charge in [0.2, 0.25) is 0 Å². The van der Waals surface area contributed by atoms with Crippen LogP contribution in [0.25, 0.3) is 11.0 Å². The Labute approximate surface area is 146 Å². The Morgan fingerprint density at radius 2 is 2.04 bits per heavy atom. The molecule has 3 heterocycles. The third-order valence-electron chi connectivity index (χ3n) is 5.30. The van der Waals surface area contributed by atoms with E-state index in [4.69, 9.17) is 9.15 Å². The lowest BCUT2D eigenvalue weighted by molar-refractivity contribution is 0.0761. The quantitative estimate of drug-likeness (QED) is 0.712. The first kappa shape index (κ1) is 14.6. The number of fused-ring (bicyclic) bond motifs is 2. The molecular formula is C21H19NO3. The minimum atomic E-state index is -0.0109. The molecule has 126 valence electrons. The second kappa shape index (κ2) is 5.66. The van der Waals surface area contributed by atoms with E-state index in [-0.39, 0.29) is 5.91 Å². The Kier molecular flexibility index (Phi) is 3.30. The first-order valence-corrected chi connectivity index (χ1v) is 8.81. The summed E-state index contributed by atoms with van der Waals surface area (Å²) >= 11 is 0. The molecule has 2 aliphatic rings. The van der Waals surface area contributed by atoms with Crippen molar-refractivity contribution in [1.82, 2.24) is 4.90 Å². The fourth-order valence-electron chi connectivity index (χ4n) is 3.92. The first-order chi connectivity index (χ1) is 12.3. The van der Waals surface area contributed by atoms with Crippen LogP contribution in [-0.2, 0) is 6.42 Å². The molecule has 0 N–H and O–H groups in total. The zero-order valence-electron chi connectivity index (χ0n) is 13.9. The zero-order chi connectivity index (χ0) is 16.8. The summed E-state index contributed by atoms with van der Waals surface area (Å²) in [7, 11) is 0. The molecule has 1 unspecified atom stereocenters. The minimum Gasteiger partial charge on any atom is -0.493 e. The van der Waals surface area contributed by atoms with E-state index in [0.717, 1.165) is 49.3 Å². The Balaban J connectivity index is 1.35. The number of furan rings is 1. The van der Waals surface area contributed by atoms with Gasteiger partial charge in [0.1, 0.15) is 11.3 Å². The number of hydrogen-bond donors (Lipinski definition) is 0. The predicted octanol–water partition coefficient (Wildman–Crippen LogP) is 4.00. The number of nitrogens with zero attached hydrogens (tertiary/aromatic N) is 1. The average Bonchev–Trinajstić information content (AvgIpc) is 3.38. The molecule has 1 atom stereocenters. The van der Waals surface area contributed by atoms with E-state index in [1.807, 2.05) is 35.2 Å². The molecule has 4 heteroatoms. The Morgan fingerprint density at radius 3 is 2.96 bits per heavy atom. The smallest absolute Gasteiger partial charge is 0.289 e. The van der Waals surface area contributed by atoms with Crippen molar-refractivity contribution in [3.05, 3.63) is 65.4 Å². The molecule has 1 aromatic heterocycles. The molecule has 3 aromatic rings. The van der Waals surface area contributed by atoms with Crippen molar-refractivity contribution in [2.75, 3.05) is 19.7 Å². The van der Waals surface area contributed by atoms with Crippen LogP contribution in [0.2, 0.25) is 0 Å². The molecular weight excluding hydrogens is 314 g/mol. The summed E-state index contributed by atoms with van der Waals surface area (Å²) in [5.41, 5.74) is 3.36. The summed E-state index contributed by atoms with van der Waals surface area (Å²) in [6.45, 7) is 2.30. The molecule has 0 spiro atoms. The maximum Gasteiger partial charge on any atom is 0.289 e. The minimum absolute atomic E-state index is 0.0109. The molecule has 25 heavy (non-hydrogen) atoms. The lowest BCUT2D eigenvalue weighted by Gasteiger charge is -2.15. The van der Waals surface area contributed by atoms with E-state index in [1.165, 1.54) is 11.1 Å². The van der Waals surface area contributed by atoms with E-state index in [1.54, 1.807) is 0 Å². The molecule has 0 aliphatic carbocycles. The highest BCUT2D eigenvalue weighted by molar-refractivity contribution is 5.96. The molecule has 5 rings (SSSR count). The van der Waals surface area contributed by atoms with Gasteiger partial charge >= 0.3 is 0 Å². The SMILES string of the molecule is O=C(c1cc2ccccc2o1)N1CCC(c2ccc3c(c2)CCO3)C1. The van der Waals surface area contributed by atoms with Gasteiger partial charge in [-0.15, -0.1) is 0 Å². The van der Waals surface area contributed by atoms with E-state index in [0.29, 0.717) is 11.7 Å². The number of ether oxygens (including phenoxy) is 1. The maximum atomic E-state index is 12.8. The number of carbonyl (C=O) groups is 1. The Bertz CT molecular complexity index is 926. The number of likely N-dealkylation sites (tertiary alicyclic amines) is 1. The topological polar surface area (TPSA) is 42.7 Å². The van der Waals surface area contributed by atoms with Crippen LogP contribution in [-0.4, -0.2) is 30.5 Å². The lowest BCUT2D eigenvalue weighted by atomic mass is 9.96. The summed E-state index contributed by atoms with van der Waals surface area (Å²) in [4.78, 5) is 14.7. The summed E-state index contributed by atoms with van der Waals surface area (Å²) in [5, 5.41) is 0.972. The van der Waals surface area contributed by atoms with Gasteiger partial charge in [0.15, 0.2) is 5.76 Å². The van der Waals surface area contributed by atoms with Gasteiger partial charge in [0, 0.05) is 30.8 Å². The van der Waals surface area contributed by atoms with Crippen molar-refractivity contribution >= 4 is 16.9 Å². The highest BCUT2D eigenvalue weighted by atomic mass is 16.5. The first-order valence-electron chi connectivity index (χ1n) is 8.81. The Hall–Kier alpha value is -2.75. The third kappa shape index (κ3) is 2.49. The molecule has 0 bridgehead atoms. The van der Waals surface area contributed by atoms with Gasteiger partial charge in [-0.25, -0.2) is 0 Å². The molecule has 4 nitrogen and oxygen atoms in total. The molecule has 2 aromatic carbocycles. The fourth-order valence-corrected chi connectivity index (χ4v) is 3.92. The average molecular weight is 333 g/mol. The van der Waals surface area contributed by atoms with E-state index in [9.17, 15) is 4.79 Å². The van der Waals surface area contributed by atoms with E-state index >= 15 is 0 Å². The summed E-state index contributed by atoms with van der Waals surface area (Å²) in [6, 6.07) is 16.0. The van der Waals surface area contributed by atoms with Crippen LogP contribution in [0.15, 0.2) is 52.9 Å². The van der Waals surface area contributed by atoms with Crippen molar-refractivity contribution < 1.29 is 13.9 Å². The standard InChI is InChI=1S/C21H19NO3/c23-21(20-12-15-3-1-2-4-19(15)25-20)22-9-7-17(13-22)14-5-6-18-16(11-14)8-10-24-18/h1-6,11-12,17H,7-10,13H2. The fraction of sp³-hybridized carbons (Fsp3) is 0.286. The van der Waals surface area contributed by atoms with E-state index < -0.39 is 0 Å². The molecule has 0 saturated carbocycles. The summed E-state index contributed by atoms with van der Waals surface area (Å²) in [6.07, 6.45) is 1.98. The third-order valence-corrected chi connectivity index (χ3v) is 5.30. The van der Waals surface area contributed by atoms with Gasteiger partial charge in [-0.1, -0.05) is 30.3 Å². The van der Waals surface area contributed by atoms with Crippen molar-refractivity contribution in [2.24, 2.45) is 0 Å². The van der Waals surface area contributed by atoms with Crippen LogP contribution >= 0.6 is 0 Å². The van der Waals surface area contributed by atoms with Crippen LogP contribution in [0, 0.1) is 0 Å². The maximum absolute atomic E-state index is 12.8. The molecule has 2 aliphatic heterocycles. The number of benzene rings is 2. The van der Waals surface area contributed by atoms with Crippen LogP contribution in [0.1, 0.15) is 34.0 Å². The number of amides is 1. The van der Waals surface area contributed by atoms with Crippen LogP contribution in [0.3, 0.4) is 0 Å². The van der Waals surface area contributed by atoms with Crippen molar-refractivity contribution in [2.45, 2.75) is 18.8 Å². The predicted molar refractivity (Wildman–Crippen MR) is 95.1 cm³/mol. The van der Waals surface area contributed by atoms with Gasteiger partial charge in [0.05, 0.1) is 6.61 Å². The van der Waals surface area contributed by atoms with Crippen molar-refractivity contribution in [3.63, 3.8) is 0 Å². The van der Waals surface area contributed by atoms with Crippen LogP contribution < -0.4 is 4.74 Å². The summed E-state index contributed by atoms with van der Waals surface area (Å²) in [5.74, 6) is 1.82. The zero-order valence-corrected chi connectivity index (χ0v) is 13.9. The normalized spacial score (nSPS) is 19.2. The highest BCUT2D eigenvalue weighted by Crippen LogP contribution is 2.33. The van der Waals surface area contributed by atoms with Gasteiger partial charge in [-0.3, -0.25) is 4.79 Å². The monoisotopic (exact) mass is 333 g/mol. The van der Waals surface area contributed by atoms with Crippen molar-refractivity contribution in [3.8, 4) is 5.75 Å². The van der Waals surface area contributed by atoms with Gasteiger partial charge in [-0.05, 0) is 35.7 Å². The second-order valence-corrected chi connectivity index (χ2v) is 6.85. The van der Waals surface area contributed by atoms with Crippen molar-refractivity contribution in [1.29, 1.82) is 0 Å². The Morgan fingerprint density at radius 1 is 1.12 bits per heavy atom. The second-order valence-electron chi connectivity index (χ2n) is 6.85. The number of rotatable bonds is 2. The summed E-state index contributed by atoms with van der Waals surface area (Å²) < 4.78 is 11.3. The van der Waals surface area contributed by atoms with Crippen LogP contribution in [0.4, 0.5) is 0 Å². The van der Waals surface area contributed by atoms with Gasteiger partial charge in [-0.2, -0.15) is 0 Å². The lowest BCUT2D eigenvalue weighted by Crippen LogP contribution is -2.28.